The summed E-state index contributed by atoms with van der Waals surface area (Å²) < 4.78 is 16.0. The quantitative estimate of drug-likeness (QED) is 0.635. The molecule has 0 saturated heterocycles. The Morgan fingerprint density at radius 2 is 1.89 bits per heavy atom. The van der Waals surface area contributed by atoms with Crippen LogP contribution in [0.1, 0.15) is 65.9 Å². The highest BCUT2D eigenvalue weighted by atomic mass is 19.1. The van der Waals surface area contributed by atoms with Crippen LogP contribution in [0.4, 0.5) is 4.39 Å². The normalized spacial score (nSPS) is 14.5. The Bertz CT molecular complexity index is 785. The molecule has 0 N–H and O–H groups in total. The fourth-order valence-corrected chi connectivity index (χ4v) is 2.94. The van der Waals surface area contributed by atoms with Crippen molar-refractivity contribution < 1.29 is 4.39 Å². The summed E-state index contributed by atoms with van der Waals surface area (Å²) in [5.41, 5.74) is 1.27. The third-order valence-corrected chi connectivity index (χ3v) is 5.01. The van der Waals surface area contributed by atoms with Crippen molar-refractivity contribution in [2.24, 2.45) is 10.2 Å². The lowest BCUT2D eigenvalue weighted by molar-refractivity contribution is 0.237. The molecular formula is C22H31FN4. The van der Waals surface area contributed by atoms with Gasteiger partial charge in [-0.15, -0.1) is 5.10 Å². The average Bonchev–Trinajstić information content (AvgIpc) is 3.34. The number of hydrogen-bond acceptors (Lipinski definition) is 3. The van der Waals surface area contributed by atoms with E-state index in [1.807, 2.05) is 48.9 Å². The van der Waals surface area contributed by atoms with E-state index in [2.05, 4.69) is 29.0 Å². The summed E-state index contributed by atoms with van der Waals surface area (Å²) in [5, 5.41) is 8.04. The van der Waals surface area contributed by atoms with E-state index in [9.17, 15) is 4.39 Å². The molecule has 1 aromatic carbocycles. The first-order valence-electron chi connectivity index (χ1n) is 9.79. The first kappa shape index (κ1) is 21.0. The predicted molar refractivity (Wildman–Crippen MR) is 112 cm³/mol. The van der Waals surface area contributed by atoms with Crippen LogP contribution in [0.25, 0.3) is 11.4 Å². The van der Waals surface area contributed by atoms with Crippen molar-refractivity contribution in [3.8, 4) is 11.4 Å². The SMILES string of the molecule is CCCCC.C[C@@H](F)C(C)(C)c1ccccc1-c1nccn1C1=NN=CC1. The van der Waals surface area contributed by atoms with Gasteiger partial charge in [0.25, 0.3) is 0 Å². The van der Waals surface area contributed by atoms with Gasteiger partial charge in [-0.1, -0.05) is 71.2 Å². The van der Waals surface area contributed by atoms with E-state index in [-0.39, 0.29) is 0 Å². The van der Waals surface area contributed by atoms with Gasteiger partial charge >= 0.3 is 0 Å². The zero-order chi connectivity index (χ0) is 19.9. The number of imidazole rings is 1. The zero-order valence-electron chi connectivity index (χ0n) is 17.1. The topological polar surface area (TPSA) is 42.5 Å². The fraction of sp³-hybridized carbons (Fsp3) is 0.500. The van der Waals surface area contributed by atoms with E-state index in [1.54, 1.807) is 19.3 Å². The molecular weight excluding hydrogens is 339 g/mol. The first-order valence-corrected chi connectivity index (χ1v) is 9.79. The number of halogens is 1. The summed E-state index contributed by atoms with van der Waals surface area (Å²) >= 11 is 0. The molecule has 2 aromatic rings. The van der Waals surface area contributed by atoms with Crippen LogP contribution in [0.5, 0.6) is 0 Å². The average molecular weight is 371 g/mol. The monoisotopic (exact) mass is 370 g/mol. The van der Waals surface area contributed by atoms with Gasteiger partial charge in [0.2, 0.25) is 0 Å². The second kappa shape index (κ2) is 9.58. The molecule has 0 unspecified atom stereocenters. The van der Waals surface area contributed by atoms with Crippen molar-refractivity contribution >= 4 is 12.1 Å². The molecule has 0 spiro atoms. The molecule has 4 nitrogen and oxygen atoms in total. The van der Waals surface area contributed by atoms with E-state index in [4.69, 9.17) is 0 Å². The van der Waals surface area contributed by atoms with Crippen LogP contribution < -0.4 is 0 Å². The lowest BCUT2D eigenvalue weighted by Crippen LogP contribution is -2.29. The van der Waals surface area contributed by atoms with E-state index >= 15 is 0 Å². The van der Waals surface area contributed by atoms with Crippen molar-refractivity contribution in [3.63, 3.8) is 0 Å². The third kappa shape index (κ3) is 4.90. The highest BCUT2D eigenvalue weighted by Gasteiger charge is 2.31. The molecule has 0 radical (unpaired) electrons. The maximum Gasteiger partial charge on any atom is 0.145 e. The smallest absolute Gasteiger partial charge is 0.145 e. The molecule has 0 bridgehead atoms. The van der Waals surface area contributed by atoms with Crippen LogP contribution in [0.3, 0.4) is 0 Å². The van der Waals surface area contributed by atoms with Gasteiger partial charge in [-0.05, 0) is 12.5 Å². The summed E-state index contributed by atoms with van der Waals surface area (Å²) in [6.07, 6.45) is 9.15. The Morgan fingerprint density at radius 1 is 1.19 bits per heavy atom. The largest absolute Gasteiger partial charge is 0.286 e. The van der Waals surface area contributed by atoms with Crippen molar-refractivity contribution in [1.29, 1.82) is 0 Å². The second-order valence-corrected chi connectivity index (χ2v) is 7.38. The third-order valence-electron chi connectivity index (χ3n) is 5.01. The van der Waals surface area contributed by atoms with Crippen LogP contribution in [0.2, 0.25) is 0 Å². The molecule has 1 aromatic heterocycles. The number of rotatable bonds is 5. The fourth-order valence-electron chi connectivity index (χ4n) is 2.94. The van der Waals surface area contributed by atoms with Gasteiger partial charge in [-0.2, -0.15) is 5.10 Å². The summed E-state index contributed by atoms with van der Waals surface area (Å²) in [5.74, 6) is 1.60. The Kier molecular flexibility index (Phi) is 7.45. The lowest BCUT2D eigenvalue weighted by Gasteiger charge is -2.29. The molecule has 146 valence electrons. The van der Waals surface area contributed by atoms with Gasteiger partial charge in [-0.25, -0.2) is 9.37 Å². The van der Waals surface area contributed by atoms with Crippen LogP contribution in [0, 0.1) is 0 Å². The molecule has 0 aliphatic carbocycles. The summed E-state index contributed by atoms with van der Waals surface area (Å²) in [6, 6.07) is 7.84. The summed E-state index contributed by atoms with van der Waals surface area (Å²) in [7, 11) is 0. The first-order chi connectivity index (χ1) is 12.9. The maximum absolute atomic E-state index is 14.1. The summed E-state index contributed by atoms with van der Waals surface area (Å²) in [4.78, 5) is 4.47. The van der Waals surface area contributed by atoms with Crippen molar-refractivity contribution in [2.75, 3.05) is 0 Å². The van der Waals surface area contributed by atoms with E-state index in [0.717, 1.165) is 22.8 Å². The molecule has 3 rings (SSSR count). The highest BCUT2D eigenvalue weighted by Crippen LogP contribution is 2.36. The molecule has 2 heterocycles. The molecule has 0 amide bonds. The number of benzene rings is 1. The number of hydrogen-bond donors (Lipinski definition) is 0. The molecule has 1 atom stereocenters. The Balaban J connectivity index is 0.000000465. The van der Waals surface area contributed by atoms with E-state index < -0.39 is 11.6 Å². The second-order valence-electron chi connectivity index (χ2n) is 7.38. The van der Waals surface area contributed by atoms with Crippen LogP contribution in [-0.4, -0.2) is 27.8 Å². The molecule has 1 aliphatic heterocycles. The Labute approximate surface area is 162 Å². The lowest BCUT2D eigenvalue weighted by atomic mass is 9.78. The number of aromatic nitrogens is 2. The van der Waals surface area contributed by atoms with Crippen LogP contribution >= 0.6 is 0 Å². The van der Waals surface area contributed by atoms with Gasteiger partial charge in [-0.3, -0.25) is 4.57 Å². The minimum absolute atomic E-state index is 0.596. The van der Waals surface area contributed by atoms with Crippen molar-refractivity contribution in [1.82, 2.24) is 9.55 Å². The molecule has 0 saturated carbocycles. The predicted octanol–water partition coefficient (Wildman–Crippen LogP) is 6.02. The molecule has 5 heteroatoms. The minimum atomic E-state index is -0.968. The van der Waals surface area contributed by atoms with Crippen LogP contribution in [-0.2, 0) is 5.41 Å². The zero-order valence-corrected chi connectivity index (χ0v) is 17.1. The van der Waals surface area contributed by atoms with E-state index in [1.165, 1.54) is 19.3 Å². The highest BCUT2D eigenvalue weighted by molar-refractivity contribution is 5.99. The Morgan fingerprint density at radius 3 is 2.44 bits per heavy atom. The van der Waals surface area contributed by atoms with Gasteiger partial charge < -0.3 is 0 Å². The standard InChI is InChI=1S/C17H19FN4.C5H12/c1-12(18)17(2,3)14-7-5-4-6-13(14)16-19-10-11-22(16)15-8-9-20-21-15;1-3-5-4-2/h4-7,9-12H,8H2,1-3H3;3-5H2,1-2H3/t12-;/m1./s1. The van der Waals surface area contributed by atoms with Crippen molar-refractivity contribution in [2.45, 2.75) is 71.9 Å². The van der Waals surface area contributed by atoms with Gasteiger partial charge in [0.05, 0.1) is 0 Å². The van der Waals surface area contributed by atoms with Gasteiger partial charge in [0, 0.05) is 36.0 Å². The van der Waals surface area contributed by atoms with E-state index in [0.29, 0.717) is 6.42 Å². The summed E-state index contributed by atoms with van der Waals surface area (Å²) in [6.45, 7) is 9.85. The van der Waals surface area contributed by atoms with Crippen LogP contribution in [0.15, 0.2) is 46.9 Å². The molecule has 1 aliphatic rings. The Hall–Kier alpha value is -2.30. The van der Waals surface area contributed by atoms with Crippen molar-refractivity contribution in [3.05, 3.63) is 42.2 Å². The minimum Gasteiger partial charge on any atom is -0.286 e. The molecule has 27 heavy (non-hydrogen) atoms. The number of unbranched alkanes of at least 4 members (excludes halogenated alkanes) is 2. The van der Waals surface area contributed by atoms with Gasteiger partial charge in [0.15, 0.2) is 0 Å². The number of nitrogens with zero attached hydrogens (tertiary/aromatic N) is 4. The number of alkyl halides is 1. The maximum atomic E-state index is 14.1. The van der Waals surface area contributed by atoms with Gasteiger partial charge in [0.1, 0.15) is 17.8 Å². The molecule has 0 fully saturated rings.